The maximum Gasteiger partial charge on any atom is 0.278 e. The van der Waals surface area contributed by atoms with E-state index in [1.165, 1.54) is 23.0 Å². The van der Waals surface area contributed by atoms with E-state index in [9.17, 15) is 14.7 Å². The van der Waals surface area contributed by atoms with Gasteiger partial charge in [-0.2, -0.15) is 0 Å². The maximum absolute atomic E-state index is 15.3. The number of hydrogen-bond acceptors (Lipinski definition) is 5. The third kappa shape index (κ3) is 3.83. The van der Waals surface area contributed by atoms with Crippen molar-refractivity contribution in [3.63, 3.8) is 0 Å². The summed E-state index contributed by atoms with van der Waals surface area (Å²) in [4.78, 5) is 27.5. The highest BCUT2D eigenvalue weighted by atomic mass is 35.5. The standard InChI is InChI=1S/C26H23ClFN3O4/c1-2-17-9-6-14-35-25-18(10-11-19(27)21(25)28)22(16-7-4-3-5-8-16)31-15-29(17)26(34)23-24(33)20(32)12-13-30(23)31/h3-13,17,22,33H,2,14-15H2,1H3/b9-6-/t17-,22+/m0/s1. The molecule has 7 nitrogen and oxygen atoms in total. The lowest BCUT2D eigenvalue weighted by Gasteiger charge is -2.45. The van der Waals surface area contributed by atoms with E-state index in [1.54, 1.807) is 17.0 Å². The molecule has 1 amide bonds. The van der Waals surface area contributed by atoms with Crippen LogP contribution in [0.5, 0.6) is 11.5 Å². The van der Waals surface area contributed by atoms with Gasteiger partial charge in [-0.3, -0.25) is 19.3 Å². The molecular weight excluding hydrogens is 473 g/mol. The number of amides is 1. The van der Waals surface area contributed by atoms with Crippen molar-refractivity contribution in [3.05, 3.63) is 105 Å². The second-order valence-electron chi connectivity index (χ2n) is 8.39. The third-order valence-corrected chi connectivity index (χ3v) is 6.67. The van der Waals surface area contributed by atoms with Gasteiger partial charge in [-0.15, -0.1) is 0 Å². The first-order valence-electron chi connectivity index (χ1n) is 11.3. The number of nitrogens with zero attached hydrogens (tertiary/aromatic N) is 3. The van der Waals surface area contributed by atoms with Crippen molar-refractivity contribution in [1.29, 1.82) is 0 Å². The van der Waals surface area contributed by atoms with Gasteiger partial charge in [0.15, 0.2) is 23.0 Å². The molecule has 1 N–H and O–H groups in total. The number of hydrogen-bond donors (Lipinski definition) is 1. The number of aromatic nitrogens is 1. The van der Waals surface area contributed by atoms with Crippen molar-refractivity contribution in [2.45, 2.75) is 25.4 Å². The minimum absolute atomic E-state index is 0.00113. The van der Waals surface area contributed by atoms with E-state index in [1.807, 2.05) is 48.3 Å². The van der Waals surface area contributed by atoms with Crippen molar-refractivity contribution in [2.24, 2.45) is 0 Å². The number of carbonyl (C=O) groups excluding carboxylic acids is 1. The van der Waals surface area contributed by atoms with E-state index < -0.39 is 28.9 Å². The smallest absolute Gasteiger partial charge is 0.278 e. The average molecular weight is 496 g/mol. The van der Waals surface area contributed by atoms with Crippen molar-refractivity contribution < 1.29 is 19.0 Å². The molecule has 0 spiro atoms. The van der Waals surface area contributed by atoms with E-state index in [2.05, 4.69) is 0 Å². The number of pyridine rings is 1. The molecule has 3 aromatic rings. The number of halogens is 2. The Balaban J connectivity index is 1.84. The Morgan fingerprint density at radius 3 is 2.66 bits per heavy atom. The summed E-state index contributed by atoms with van der Waals surface area (Å²) in [5, 5.41) is 12.4. The van der Waals surface area contributed by atoms with Gasteiger partial charge < -0.3 is 14.7 Å². The van der Waals surface area contributed by atoms with Crippen LogP contribution < -0.4 is 15.2 Å². The minimum atomic E-state index is -0.683. The second-order valence-corrected chi connectivity index (χ2v) is 8.79. The number of rotatable bonds is 2. The molecule has 2 aliphatic rings. The Hall–Kier alpha value is -3.78. The van der Waals surface area contributed by atoms with Gasteiger partial charge in [-0.05, 0) is 24.1 Å². The van der Waals surface area contributed by atoms with Crippen molar-refractivity contribution in [3.8, 4) is 11.5 Å². The molecule has 0 unspecified atom stereocenters. The van der Waals surface area contributed by atoms with Crippen LogP contribution in [0.1, 0.15) is 41.0 Å². The number of carbonyl (C=O) groups is 1. The van der Waals surface area contributed by atoms with Gasteiger partial charge in [0, 0.05) is 17.8 Å². The fourth-order valence-corrected chi connectivity index (χ4v) is 4.83. The molecule has 0 saturated carbocycles. The van der Waals surface area contributed by atoms with Gasteiger partial charge >= 0.3 is 0 Å². The first-order valence-corrected chi connectivity index (χ1v) is 11.6. The predicted molar refractivity (Wildman–Crippen MR) is 130 cm³/mol. The highest BCUT2D eigenvalue weighted by Crippen LogP contribution is 2.40. The molecule has 2 atom stereocenters. The lowest BCUT2D eigenvalue weighted by molar-refractivity contribution is 0.0626. The first kappa shape index (κ1) is 23.0. The molecule has 2 aliphatic heterocycles. The van der Waals surface area contributed by atoms with E-state index in [4.69, 9.17) is 16.3 Å². The molecule has 0 saturated heterocycles. The van der Waals surface area contributed by atoms with Gasteiger partial charge in [0.1, 0.15) is 19.3 Å². The Kier molecular flexibility index (Phi) is 5.98. The molecule has 0 fully saturated rings. The summed E-state index contributed by atoms with van der Waals surface area (Å²) in [5.74, 6) is -1.78. The molecule has 35 heavy (non-hydrogen) atoms. The minimum Gasteiger partial charge on any atom is -0.502 e. The summed E-state index contributed by atoms with van der Waals surface area (Å²) >= 11 is 6.11. The topological polar surface area (TPSA) is 75.0 Å². The summed E-state index contributed by atoms with van der Waals surface area (Å²) in [6, 6.07) is 12.7. The molecule has 5 rings (SSSR count). The largest absolute Gasteiger partial charge is 0.502 e. The van der Waals surface area contributed by atoms with Crippen LogP contribution in [0.4, 0.5) is 4.39 Å². The van der Waals surface area contributed by atoms with E-state index in [-0.39, 0.29) is 35.8 Å². The molecule has 2 bridgehead atoms. The molecule has 0 aliphatic carbocycles. The maximum atomic E-state index is 15.3. The molecule has 9 heteroatoms. The third-order valence-electron chi connectivity index (χ3n) is 6.38. The molecule has 0 radical (unpaired) electrons. The van der Waals surface area contributed by atoms with Crippen LogP contribution in [0.15, 0.2) is 71.7 Å². The summed E-state index contributed by atoms with van der Waals surface area (Å²) in [6.45, 7) is 2.11. The molecule has 2 aromatic carbocycles. The van der Waals surface area contributed by atoms with Gasteiger partial charge in [-0.1, -0.05) is 61.0 Å². The second kappa shape index (κ2) is 9.11. The summed E-state index contributed by atoms with van der Waals surface area (Å²) in [7, 11) is 0. The Morgan fingerprint density at radius 1 is 1.14 bits per heavy atom. The van der Waals surface area contributed by atoms with Gasteiger partial charge in [0.25, 0.3) is 5.91 Å². The van der Waals surface area contributed by atoms with Crippen molar-refractivity contribution in [2.75, 3.05) is 18.3 Å². The quantitative estimate of drug-likeness (QED) is 0.539. The fraction of sp³-hybridized carbons (Fsp3) is 0.231. The van der Waals surface area contributed by atoms with Crippen LogP contribution in [0, 0.1) is 5.82 Å². The highest BCUT2D eigenvalue weighted by molar-refractivity contribution is 6.30. The van der Waals surface area contributed by atoms with Gasteiger partial charge in [0.05, 0.1) is 11.1 Å². The zero-order valence-electron chi connectivity index (χ0n) is 18.9. The summed E-state index contributed by atoms with van der Waals surface area (Å²) < 4.78 is 22.7. The van der Waals surface area contributed by atoms with E-state index in [0.717, 1.165) is 5.56 Å². The zero-order chi connectivity index (χ0) is 24.7. The average Bonchev–Trinajstić information content (AvgIpc) is 2.89. The SMILES string of the molecule is CC[C@H]1/C=C\COc2c(ccc(Cl)c2F)[C@@H](c2ccccc2)N2CN1C(=O)c1c(O)c(=O)ccn12. The van der Waals surface area contributed by atoms with Crippen LogP contribution in [0.3, 0.4) is 0 Å². The lowest BCUT2D eigenvalue weighted by Crippen LogP contribution is -2.57. The molecule has 1 aromatic heterocycles. The van der Waals surface area contributed by atoms with Gasteiger partial charge in [-0.25, -0.2) is 4.39 Å². The fourth-order valence-electron chi connectivity index (χ4n) is 4.68. The predicted octanol–water partition coefficient (Wildman–Crippen LogP) is 4.21. The number of benzene rings is 2. The zero-order valence-corrected chi connectivity index (χ0v) is 19.7. The van der Waals surface area contributed by atoms with Crippen LogP contribution in [0.2, 0.25) is 5.02 Å². The Bertz CT molecular complexity index is 1380. The highest BCUT2D eigenvalue weighted by Gasteiger charge is 2.39. The van der Waals surface area contributed by atoms with Crippen LogP contribution in [-0.2, 0) is 0 Å². The first-order chi connectivity index (χ1) is 16.9. The van der Waals surface area contributed by atoms with E-state index in [0.29, 0.717) is 12.0 Å². The van der Waals surface area contributed by atoms with Gasteiger partial charge in [0.2, 0.25) is 5.43 Å². The van der Waals surface area contributed by atoms with Crippen LogP contribution >= 0.6 is 11.6 Å². The lowest BCUT2D eigenvalue weighted by atomic mass is 9.96. The Labute approximate surface area is 206 Å². The monoisotopic (exact) mass is 495 g/mol. The normalized spacial score (nSPS) is 20.4. The number of aromatic hydroxyl groups is 1. The van der Waals surface area contributed by atoms with E-state index >= 15 is 4.39 Å². The van der Waals surface area contributed by atoms with Crippen LogP contribution in [-0.4, -0.2) is 39.9 Å². The van der Waals surface area contributed by atoms with Crippen LogP contribution in [0.25, 0.3) is 0 Å². The van der Waals surface area contributed by atoms with Crippen molar-refractivity contribution in [1.82, 2.24) is 9.58 Å². The number of fused-ring (bicyclic) bond motifs is 5. The number of ether oxygens (including phenoxy) is 1. The summed E-state index contributed by atoms with van der Waals surface area (Å²) in [5.41, 5.74) is 0.475. The molecular formula is C26H23ClFN3O4. The Morgan fingerprint density at radius 2 is 1.91 bits per heavy atom. The van der Waals surface area contributed by atoms with Crippen molar-refractivity contribution >= 4 is 17.5 Å². The molecule has 180 valence electrons. The summed E-state index contributed by atoms with van der Waals surface area (Å²) in [6.07, 6.45) is 5.57. The molecule has 3 heterocycles.